The lowest BCUT2D eigenvalue weighted by molar-refractivity contribution is -0.140. The van der Waals surface area contributed by atoms with Crippen LogP contribution in [0.3, 0.4) is 0 Å². The Labute approximate surface area is 117 Å². The molecule has 0 aliphatic carbocycles. The Hall–Kier alpha value is -1.30. The number of aryl methyl sites for hydroxylation is 1. The first-order chi connectivity index (χ1) is 9.24. The Morgan fingerprint density at radius 3 is 2.16 bits per heavy atom. The van der Waals surface area contributed by atoms with Crippen LogP contribution in [0.15, 0.2) is 24.3 Å². The molecule has 4 nitrogen and oxygen atoms in total. The first-order valence-corrected chi connectivity index (χ1v) is 7.19. The molecule has 1 aromatic carbocycles. The highest BCUT2D eigenvalue weighted by Crippen LogP contribution is 2.26. The van der Waals surface area contributed by atoms with E-state index in [1.54, 1.807) is 11.3 Å². The van der Waals surface area contributed by atoms with Gasteiger partial charge in [-0.3, -0.25) is 0 Å². The number of hydrogen-bond donors (Lipinski definition) is 0. The number of hydrogen-bond acceptors (Lipinski definition) is 5. The fraction of sp³-hybridized carbons (Fsp3) is 0.429. The van der Waals surface area contributed by atoms with E-state index in [0.717, 1.165) is 21.1 Å². The average Bonchev–Trinajstić information content (AvgIpc) is 2.85. The number of rotatable bonds is 6. The molecule has 0 saturated heterocycles. The summed E-state index contributed by atoms with van der Waals surface area (Å²) in [6.45, 7) is 7.13. The van der Waals surface area contributed by atoms with Gasteiger partial charge in [0.15, 0.2) is 6.29 Å². The van der Waals surface area contributed by atoms with E-state index < -0.39 is 0 Å². The molecule has 1 heterocycles. The van der Waals surface area contributed by atoms with E-state index in [0.29, 0.717) is 13.2 Å². The van der Waals surface area contributed by atoms with E-state index >= 15 is 0 Å². The van der Waals surface area contributed by atoms with E-state index in [1.165, 1.54) is 0 Å². The van der Waals surface area contributed by atoms with E-state index in [1.807, 2.05) is 45.0 Å². The van der Waals surface area contributed by atoms with Gasteiger partial charge in [0.05, 0.1) is 0 Å². The van der Waals surface area contributed by atoms with Gasteiger partial charge in [0.1, 0.15) is 10.0 Å². The summed E-state index contributed by atoms with van der Waals surface area (Å²) in [6.07, 6.45) is -0.291. The molecule has 0 radical (unpaired) electrons. The minimum atomic E-state index is -0.291. The van der Waals surface area contributed by atoms with Crippen LogP contribution in [-0.2, 0) is 9.47 Å². The third-order valence-corrected chi connectivity index (χ3v) is 3.48. The van der Waals surface area contributed by atoms with Crippen molar-refractivity contribution in [3.05, 3.63) is 34.8 Å². The number of ether oxygens (including phenoxy) is 2. The van der Waals surface area contributed by atoms with Gasteiger partial charge in [-0.05, 0) is 20.8 Å². The first kappa shape index (κ1) is 14.1. The quantitative estimate of drug-likeness (QED) is 0.757. The van der Waals surface area contributed by atoms with Crippen LogP contribution < -0.4 is 0 Å². The third-order valence-electron chi connectivity index (χ3n) is 2.59. The average molecular weight is 278 g/mol. The Kier molecular flexibility index (Phi) is 5.01. The van der Waals surface area contributed by atoms with Crippen LogP contribution in [0, 0.1) is 6.92 Å². The lowest BCUT2D eigenvalue weighted by atomic mass is 10.1. The minimum absolute atomic E-state index is 0.291. The zero-order chi connectivity index (χ0) is 13.7. The van der Waals surface area contributed by atoms with E-state index in [2.05, 4.69) is 10.2 Å². The number of benzene rings is 1. The van der Waals surface area contributed by atoms with Gasteiger partial charge < -0.3 is 9.47 Å². The topological polar surface area (TPSA) is 44.2 Å². The molecule has 0 fully saturated rings. The Morgan fingerprint density at radius 2 is 1.68 bits per heavy atom. The van der Waals surface area contributed by atoms with Crippen LogP contribution in [0.4, 0.5) is 0 Å². The highest BCUT2D eigenvalue weighted by Gasteiger charge is 2.12. The van der Waals surface area contributed by atoms with Crippen molar-refractivity contribution in [3.8, 4) is 10.6 Å². The van der Waals surface area contributed by atoms with Crippen molar-refractivity contribution in [2.24, 2.45) is 0 Å². The largest absolute Gasteiger partial charge is 0.349 e. The smallest absolute Gasteiger partial charge is 0.183 e. The molecule has 0 N–H and O–H groups in total. The fourth-order valence-electron chi connectivity index (χ4n) is 1.74. The molecule has 0 aliphatic heterocycles. The molecule has 102 valence electrons. The Balaban J connectivity index is 2.17. The SMILES string of the molecule is CCOC(OCC)c1ccc(-c2nnc(C)s2)cc1. The van der Waals surface area contributed by atoms with Gasteiger partial charge in [0.25, 0.3) is 0 Å². The second-order valence-electron chi connectivity index (χ2n) is 3.99. The lowest BCUT2D eigenvalue weighted by Crippen LogP contribution is -2.08. The fourth-order valence-corrected chi connectivity index (χ4v) is 2.44. The van der Waals surface area contributed by atoms with Gasteiger partial charge in [0, 0.05) is 24.3 Å². The van der Waals surface area contributed by atoms with Gasteiger partial charge in [-0.15, -0.1) is 10.2 Å². The molecule has 0 unspecified atom stereocenters. The maximum atomic E-state index is 5.57. The standard InChI is InChI=1S/C14H18N2O2S/c1-4-17-14(18-5-2)12-8-6-11(7-9-12)13-16-15-10(3)19-13/h6-9,14H,4-5H2,1-3H3. The van der Waals surface area contributed by atoms with Crippen molar-refractivity contribution < 1.29 is 9.47 Å². The van der Waals surface area contributed by atoms with E-state index in [9.17, 15) is 0 Å². The highest BCUT2D eigenvalue weighted by molar-refractivity contribution is 7.14. The van der Waals surface area contributed by atoms with Crippen molar-refractivity contribution >= 4 is 11.3 Å². The molecule has 2 aromatic rings. The lowest BCUT2D eigenvalue weighted by Gasteiger charge is -2.17. The molecular weight excluding hydrogens is 260 g/mol. The van der Waals surface area contributed by atoms with Crippen LogP contribution in [0.5, 0.6) is 0 Å². The second kappa shape index (κ2) is 6.75. The molecule has 19 heavy (non-hydrogen) atoms. The molecule has 0 spiro atoms. The van der Waals surface area contributed by atoms with Crippen LogP contribution >= 0.6 is 11.3 Å². The zero-order valence-electron chi connectivity index (χ0n) is 11.4. The molecule has 2 rings (SSSR count). The summed E-state index contributed by atoms with van der Waals surface area (Å²) in [5, 5.41) is 10.1. The van der Waals surface area contributed by atoms with Gasteiger partial charge in [0.2, 0.25) is 0 Å². The molecular formula is C14H18N2O2S. The third kappa shape index (κ3) is 3.59. The van der Waals surface area contributed by atoms with Crippen molar-refractivity contribution in [1.82, 2.24) is 10.2 Å². The number of aromatic nitrogens is 2. The molecule has 5 heteroatoms. The van der Waals surface area contributed by atoms with Gasteiger partial charge in [-0.1, -0.05) is 35.6 Å². The summed E-state index contributed by atoms with van der Waals surface area (Å²) < 4.78 is 11.1. The normalized spacial score (nSPS) is 11.2. The molecule has 0 amide bonds. The monoisotopic (exact) mass is 278 g/mol. The molecule has 0 bridgehead atoms. The van der Waals surface area contributed by atoms with Crippen LogP contribution in [0.1, 0.15) is 30.7 Å². The summed E-state index contributed by atoms with van der Waals surface area (Å²) in [5.41, 5.74) is 2.09. The maximum Gasteiger partial charge on any atom is 0.183 e. The second-order valence-corrected chi connectivity index (χ2v) is 5.17. The summed E-state index contributed by atoms with van der Waals surface area (Å²) >= 11 is 1.59. The predicted octanol–water partition coefficient (Wildman–Crippen LogP) is 3.59. The molecule has 0 saturated carbocycles. The minimum Gasteiger partial charge on any atom is -0.349 e. The van der Waals surface area contributed by atoms with Gasteiger partial charge in [-0.2, -0.15) is 0 Å². The number of nitrogens with zero attached hydrogens (tertiary/aromatic N) is 2. The van der Waals surface area contributed by atoms with Crippen LogP contribution in [0.25, 0.3) is 10.6 Å². The van der Waals surface area contributed by atoms with Crippen molar-refractivity contribution in [2.75, 3.05) is 13.2 Å². The Bertz CT molecular complexity index is 504. The molecule has 0 atom stereocenters. The maximum absolute atomic E-state index is 5.57. The zero-order valence-corrected chi connectivity index (χ0v) is 12.2. The Morgan fingerprint density at radius 1 is 1.05 bits per heavy atom. The molecule has 0 aliphatic rings. The van der Waals surface area contributed by atoms with Gasteiger partial charge >= 0.3 is 0 Å². The summed E-state index contributed by atoms with van der Waals surface area (Å²) in [4.78, 5) is 0. The van der Waals surface area contributed by atoms with Crippen molar-refractivity contribution in [1.29, 1.82) is 0 Å². The first-order valence-electron chi connectivity index (χ1n) is 6.38. The molecule has 1 aromatic heterocycles. The van der Waals surface area contributed by atoms with Gasteiger partial charge in [-0.25, -0.2) is 0 Å². The highest BCUT2D eigenvalue weighted by atomic mass is 32.1. The van der Waals surface area contributed by atoms with Crippen LogP contribution in [0.2, 0.25) is 0 Å². The van der Waals surface area contributed by atoms with E-state index in [4.69, 9.17) is 9.47 Å². The predicted molar refractivity (Wildman–Crippen MR) is 76.1 cm³/mol. The summed E-state index contributed by atoms with van der Waals surface area (Å²) in [5.74, 6) is 0. The van der Waals surface area contributed by atoms with E-state index in [-0.39, 0.29) is 6.29 Å². The van der Waals surface area contributed by atoms with Crippen LogP contribution in [-0.4, -0.2) is 23.4 Å². The summed E-state index contributed by atoms with van der Waals surface area (Å²) in [6, 6.07) is 8.09. The summed E-state index contributed by atoms with van der Waals surface area (Å²) in [7, 11) is 0. The van der Waals surface area contributed by atoms with Crippen molar-refractivity contribution in [3.63, 3.8) is 0 Å². The van der Waals surface area contributed by atoms with Crippen molar-refractivity contribution in [2.45, 2.75) is 27.1 Å².